The van der Waals surface area contributed by atoms with Crippen LogP contribution < -0.4 is 0 Å². The van der Waals surface area contributed by atoms with Gasteiger partial charge in [0.1, 0.15) is 0 Å². The van der Waals surface area contributed by atoms with E-state index >= 15 is 0 Å². The Morgan fingerprint density at radius 2 is 1.78 bits per heavy atom. The molecule has 2 saturated carbocycles. The molecule has 1 aliphatic heterocycles. The standard InChI is InChI=1S/C21H34O2/c1-2-4-17-5-10-19(11-6-17)20-12-7-18(8-13-20)9-14-21-22-15-3-16-23-21/h3,9,15,17,19-21H,2,4-8,10-14,16H2,1H3. The highest BCUT2D eigenvalue weighted by atomic mass is 16.7. The van der Waals surface area contributed by atoms with E-state index in [4.69, 9.17) is 9.47 Å². The molecule has 1 unspecified atom stereocenters. The molecular formula is C21H34O2. The molecule has 2 nitrogen and oxygen atoms in total. The van der Waals surface area contributed by atoms with Crippen LogP contribution in [0.25, 0.3) is 0 Å². The molecule has 0 aromatic heterocycles. The highest BCUT2D eigenvalue weighted by Gasteiger charge is 2.29. The maximum atomic E-state index is 5.56. The summed E-state index contributed by atoms with van der Waals surface area (Å²) in [5.41, 5.74) is 1.64. The summed E-state index contributed by atoms with van der Waals surface area (Å²) in [5, 5.41) is 0. The van der Waals surface area contributed by atoms with Gasteiger partial charge in [0, 0.05) is 6.42 Å². The zero-order chi connectivity index (χ0) is 15.9. The lowest BCUT2D eigenvalue weighted by molar-refractivity contribution is -0.107. The van der Waals surface area contributed by atoms with Gasteiger partial charge >= 0.3 is 0 Å². The zero-order valence-electron chi connectivity index (χ0n) is 14.8. The van der Waals surface area contributed by atoms with Crippen molar-refractivity contribution in [2.45, 2.75) is 83.8 Å². The second-order valence-corrected chi connectivity index (χ2v) is 7.78. The van der Waals surface area contributed by atoms with Gasteiger partial charge in [-0.2, -0.15) is 0 Å². The summed E-state index contributed by atoms with van der Waals surface area (Å²) in [6.07, 6.45) is 21.2. The molecule has 0 bridgehead atoms. The van der Waals surface area contributed by atoms with E-state index in [0.29, 0.717) is 6.61 Å². The maximum Gasteiger partial charge on any atom is 0.202 e. The van der Waals surface area contributed by atoms with Gasteiger partial charge < -0.3 is 9.47 Å². The van der Waals surface area contributed by atoms with Gasteiger partial charge in [0.25, 0.3) is 0 Å². The van der Waals surface area contributed by atoms with Crippen LogP contribution in [0.5, 0.6) is 0 Å². The third kappa shape index (κ3) is 5.11. The minimum atomic E-state index is -0.0564. The molecule has 3 rings (SSSR count). The van der Waals surface area contributed by atoms with Gasteiger partial charge in [0.15, 0.2) is 0 Å². The lowest BCUT2D eigenvalue weighted by atomic mass is 9.69. The molecule has 0 amide bonds. The number of rotatable bonds is 5. The summed E-state index contributed by atoms with van der Waals surface area (Å²) < 4.78 is 11.0. The zero-order valence-corrected chi connectivity index (χ0v) is 14.8. The van der Waals surface area contributed by atoms with Gasteiger partial charge in [0.05, 0.1) is 12.9 Å². The van der Waals surface area contributed by atoms with E-state index in [0.717, 1.165) is 24.2 Å². The number of hydrogen-bond acceptors (Lipinski definition) is 2. The van der Waals surface area contributed by atoms with E-state index in [1.807, 2.05) is 6.08 Å². The molecule has 2 heteroatoms. The van der Waals surface area contributed by atoms with Crippen LogP contribution in [0.15, 0.2) is 24.0 Å². The summed E-state index contributed by atoms with van der Waals surface area (Å²) in [6.45, 7) is 3.03. The van der Waals surface area contributed by atoms with E-state index < -0.39 is 0 Å². The quantitative estimate of drug-likeness (QED) is 0.580. The van der Waals surface area contributed by atoms with Gasteiger partial charge in [-0.05, 0) is 62.4 Å². The van der Waals surface area contributed by atoms with Crippen molar-refractivity contribution >= 4 is 0 Å². The number of ether oxygens (including phenoxy) is 2. The molecule has 3 aliphatic rings. The molecule has 0 N–H and O–H groups in total. The molecule has 0 aromatic rings. The van der Waals surface area contributed by atoms with Gasteiger partial charge in [-0.3, -0.25) is 0 Å². The van der Waals surface area contributed by atoms with Crippen molar-refractivity contribution in [1.82, 2.24) is 0 Å². The van der Waals surface area contributed by atoms with Crippen LogP contribution in [0.1, 0.15) is 77.6 Å². The smallest absolute Gasteiger partial charge is 0.202 e. The second kappa shape index (κ2) is 8.92. The average molecular weight is 319 g/mol. The molecule has 2 fully saturated rings. The van der Waals surface area contributed by atoms with E-state index in [9.17, 15) is 0 Å². The summed E-state index contributed by atoms with van der Waals surface area (Å²) in [7, 11) is 0. The lowest BCUT2D eigenvalue weighted by Crippen LogP contribution is -2.24. The van der Waals surface area contributed by atoms with Gasteiger partial charge in [-0.1, -0.05) is 44.3 Å². The minimum absolute atomic E-state index is 0.0564. The highest BCUT2D eigenvalue weighted by molar-refractivity contribution is 5.06. The fraction of sp³-hybridized carbons (Fsp3) is 0.810. The monoisotopic (exact) mass is 318 g/mol. The summed E-state index contributed by atoms with van der Waals surface area (Å²) in [4.78, 5) is 0. The first-order valence-corrected chi connectivity index (χ1v) is 9.95. The first-order chi connectivity index (χ1) is 11.3. The maximum absolute atomic E-state index is 5.56. The van der Waals surface area contributed by atoms with Gasteiger partial charge in [-0.15, -0.1) is 0 Å². The van der Waals surface area contributed by atoms with Crippen molar-refractivity contribution in [2.75, 3.05) is 6.61 Å². The summed E-state index contributed by atoms with van der Waals surface area (Å²) in [6, 6.07) is 0. The van der Waals surface area contributed by atoms with Crippen molar-refractivity contribution in [2.24, 2.45) is 17.8 Å². The van der Waals surface area contributed by atoms with Crippen LogP contribution in [-0.4, -0.2) is 12.9 Å². The Hall–Kier alpha value is -0.760. The van der Waals surface area contributed by atoms with Gasteiger partial charge in [-0.25, -0.2) is 0 Å². The summed E-state index contributed by atoms with van der Waals surface area (Å²) >= 11 is 0. The van der Waals surface area contributed by atoms with E-state index in [1.165, 1.54) is 64.2 Å². The Balaban J connectivity index is 1.37. The van der Waals surface area contributed by atoms with E-state index in [2.05, 4.69) is 13.0 Å². The van der Waals surface area contributed by atoms with Crippen molar-refractivity contribution in [3.8, 4) is 0 Å². The largest absolute Gasteiger partial charge is 0.472 e. The van der Waals surface area contributed by atoms with Crippen molar-refractivity contribution in [3.05, 3.63) is 24.0 Å². The average Bonchev–Trinajstić information content (AvgIpc) is 2.62. The predicted molar refractivity (Wildman–Crippen MR) is 95.0 cm³/mol. The Morgan fingerprint density at radius 1 is 1.04 bits per heavy atom. The van der Waals surface area contributed by atoms with Crippen molar-refractivity contribution in [3.63, 3.8) is 0 Å². The molecule has 0 aromatic carbocycles. The van der Waals surface area contributed by atoms with Crippen LogP contribution in [0.3, 0.4) is 0 Å². The molecule has 130 valence electrons. The molecule has 1 atom stereocenters. The topological polar surface area (TPSA) is 18.5 Å². The summed E-state index contributed by atoms with van der Waals surface area (Å²) in [5.74, 6) is 3.07. The molecule has 0 spiro atoms. The highest BCUT2D eigenvalue weighted by Crippen LogP contribution is 2.42. The molecule has 2 aliphatic carbocycles. The fourth-order valence-corrected chi connectivity index (χ4v) is 4.81. The van der Waals surface area contributed by atoms with Gasteiger partial charge in [0.2, 0.25) is 6.29 Å². The normalized spacial score (nSPS) is 34.9. The molecule has 1 heterocycles. The van der Waals surface area contributed by atoms with Crippen LogP contribution in [0, 0.1) is 17.8 Å². The third-order valence-corrected chi connectivity index (χ3v) is 6.23. The molecule has 23 heavy (non-hydrogen) atoms. The Bertz CT molecular complexity index is 394. The molecule has 0 saturated heterocycles. The van der Waals surface area contributed by atoms with Crippen LogP contribution in [0.2, 0.25) is 0 Å². The van der Waals surface area contributed by atoms with E-state index in [-0.39, 0.29) is 6.29 Å². The Kier molecular flexibility index (Phi) is 6.62. The first-order valence-electron chi connectivity index (χ1n) is 9.95. The number of hydrogen-bond donors (Lipinski definition) is 0. The van der Waals surface area contributed by atoms with Crippen molar-refractivity contribution in [1.29, 1.82) is 0 Å². The fourth-order valence-electron chi connectivity index (χ4n) is 4.81. The molecular weight excluding hydrogens is 284 g/mol. The van der Waals surface area contributed by atoms with Crippen molar-refractivity contribution < 1.29 is 9.47 Å². The molecule has 0 radical (unpaired) electrons. The Morgan fingerprint density at radius 3 is 2.43 bits per heavy atom. The Labute approximate surface area is 142 Å². The van der Waals surface area contributed by atoms with Crippen LogP contribution >= 0.6 is 0 Å². The lowest BCUT2D eigenvalue weighted by Gasteiger charge is -2.36. The SMILES string of the molecule is CCCC1CCC(C2CCC(=CCC3OC=CCO3)CC2)CC1. The van der Waals surface area contributed by atoms with E-state index in [1.54, 1.807) is 11.8 Å². The first kappa shape index (κ1) is 17.1. The van der Waals surface area contributed by atoms with Crippen LogP contribution in [-0.2, 0) is 9.47 Å². The second-order valence-electron chi connectivity index (χ2n) is 7.78. The number of allylic oxidation sites excluding steroid dienone is 1. The third-order valence-electron chi connectivity index (χ3n) is 6.23. The minimum Gasteiger partial charge on any atom is -0.472 e. The predicted octanol–water partition coefficient (Wildman–Crippen LogP) is 5.99. The van der Waals surface area contributed by atoms with Crippen LogP contribution in [0.4, 0.5) is 0 Å².